The van der Waals surface area contributed by atoms with Crippen LogP contribution < -0.4 is 0 Å². The Labute approximate surface area is 259 Å². The molecule has 42 heavy (non-hydrogen) atoms. The lowest BCUT2D eigenvalue weighted by Crippen LogP contribution is -2.42. The van der Waals surface area contributed by atoms with Gasteiger partial charge in [0.1, 0.15) is 13.2 Å². The molecule has 0 aromatic heterocycles. The molecular weight excluding hydrogens is 532 g/mol. The summed E-state index contributed by atoms with van der Waals surface area (Å²) in [5, 5.41) is 41.8. The molecule has 252 valence electrons. The number of aliphatic hydroxyl groups excluding tert-OH is 2. The Morgan fingerprint density at radius 2 is 0.595 bits per heavy atom. The highest BCUT2D eigenvalue weighted by Crippen LogP contribution is 2.27. The number of hydrogen-bond donors (Lipinski definition) is 2. The van der Waals surface area contributed by atoms with Crippen LogP contribution in [0.4, 0.5) is 0 Å². The summed E-state index contributed by atoms with van der Waals surface area (Å²) in [5.74, 6) is 0. The topological polar surface area (TPSA) is 127 Å². The molecule has 0 aromatic carbocycles. The molecule has 0 aliphatic rings. The van der Waals surface area contributed by atoms with Crippen molar-refractivity contribution in [3.05, 3.63) is 20.2 Å². The van der Waals surface area contributed by atoms with Gasteiger partial charge in [-0.1, -0.05) is 143 Å². The van der Waals surface area contributed by atoms with Crippen molar-refractivity contribution in [2.24, 2.45) is 0 Å². The summed E-state index contributed by atoms with van der Waals surface area (Å²) in [4.78, 5) is 22.3. The maximum Gasteiger partial charge on any atom is 0.244 e. The van der Waals surface area contributed by atoms with E-state index < -0.39 is 11.1 Å². The Kier molecular flexibility index (Phi) is 30.4. The van der Waals surface area contributed by atoms with E-state index in [0.717, 1.165) is 83.5 Å². The van der Waals surface area contributed by atoms with Crippen LogP contribution in [0.5, 0.6) is 0 Å². The Balaban J connectivity index is 0. The van der Waals surface area contributed by atoms with Gasteiger partial charge in [0.05, 0.1) is 0 Å². The predicted octanol–water partition coefficient (Wildman–Crippen LogP) is 10.2. The van der Waals surface area contributed by atoms with Gasteiger partial charge < -0.3 is 10.2 Å². The molecule has 0 saturated carbocycles. The zero-order valence-electron chi connectivity index (χ0n) is 28.2. The summed E-state index contributed by atoms with van der Waals surface area (Å²) in [6.45, 7) is 8.04. The molecule has 0 spiro atoms. The number of hydrogen-bond acceptors (Lipinski definition) is 6. The molecule has 2 N–H and O–H groups in total. The standard InChI is InChI=1S/C19H39NO3.C15H31NO3/c1-3-5-7-9-11-13-15-17-19(18-21,20(22)23)16-14-12-10-8-6-4-2;1-3-5-7-9-11-13-15(14-17,16(18)19)12-10-8-6-4-2/h21H,3-18H2,1-2H3;17H,3-14H2,1-2H3. The molecule has 0 aromatic rings. The third-order valence-electron chi connectivity index (χ3n) is 8.85. The zero-order valence-corrected chi connectivity index (χ0v) is 28.2. The molecular formula is C34H70N2O6. The van der Waals surface area contributed by atoms with Gasteiger partial charge in [-0.25, -0.2) is 0 Å². The molecule has 2 atom stereocenters. The zero-order chi connectivity index (χ0) is 32.0. The third-order valence-corrected chi connectivity index (χ3v) is 8.85. The molecule has 0 radical (unpaired) electrons. The van der Waals surface area contributed by atoms with Crippen LogP contribution in [0.15, 0.2) is 0 Å². The molecule has 0 amide bonds. The van der Waals surface area contributed by atoms with Crippen LogP contribution in [0, 0.1) is 20.2 Å². The van der Waals surface area contributed by atoms with Gasteiger partial charge in [-0.05, 0) is 25.7 Å². The maximum atomic E-state index is 11.5. The van der Waals surface area contributed by atoms with Crippen LogP contribution in [0.25, 0.3) is 0 Å². The van der Waals surface area contributed by atoms with E-state index in [0.29, 0.717) is 25.7 Å². The quantitative estimate of drug-likeness (QED) is 0.0478. The SMILES string of the molecule is CCCCCCCC(CO)(CCCCCC)[N+](=O)[O-].CCCCCCCCCC(CO)(CCCCCCCC)[N+](=O)[O-]. The average molecular weight is 603 g/mol. The van der Waals surface area contributed by atoms with E-state index in [2.05, 4.69) is 27.7 Å². The van der Waals surface area contributed by atoms with Gasteiger partial charge in [0.25, 0.3) is 0 Å². The van der Waals surface area contributed by atoms with Gasteiger partial charge in [-0.2, -0.15) is 0 Å². The van der Waals surface area contributed by atoms with E-state index in [1.54, 1.807) is 0 Å². The molecule has 0 rings (SSSR count). The smallest absolute Gasteiger partial charge is 0.244 e. The van der Waals surface area contributed by atoms with Gasteiger partial charge in [0.15, 0.2) is 0 Å². The normalized spacial score (nSPS) is 14.0. The summed E-state index contributed by atoms with van der Waals surface area (Å²) < 4.78 is 0. The molecule has 0 aliphatic heterocycles. The first-order chi connectivity index (χ1) is 20.3. The fraction of sp³-hybridized carbons (Fsp3) is 1.00. The van der Waals surface area contributed by atoms with Crippen molar-refractivity contribution in [1.29, 1.82) is 0 Å². The lowest BCUT2D eigenvalue weighted by atomic mass is 9.87. The highest BCUT2D eigenvalue weighted by molar-refractivity contribution is 4.80. The summed E-state index contributed by atoms with van der Waals surface area (Å²) >= 11 is 0. The van der Waals surface area contributed by atoms with Crippen LogP contribution >= 0.6 is 0 Å². The van der Waals surface area contributed by atoms with Crippen molar-refractivity contribution in [2.45, 2.75) is 206 Å². The first kappa shape index (κ1) is 42.9. The predicted molar refractivity (Wildman–Crippen MR) is 176 cm³/mol. The van der Waals surface area contributed by atoms with Crippen molar-refractivity contribution in [2.75, 3.05) is 13.2 Å². The van der Waals surface area contributed by atoms with Crippen molar-refractivity contribution in [3.8, 4) is 0 Å². The highest BCUT2D eigenvalue weighted by Gasteiger charge is 2.41. The fourth-order valence-corrected chi connectivity index (χ4v) is 5.63. The Hall–Kier alpha value is -1.28. The summed E-state index contributed by atoms with van der Waals surface area (Å²) in [6.07, 6.45) is 26.5. The average Bonchev–Trinajstić information content (AvgIpc) is 2.98. The van der Waals surface area contributed by atoms with E-state index in [1.807, 2.05) is 0 Å². The maximum absolute atomic E-state index is 11.5. The lowest BCUT2D eigenvalue weighted by molar-refractivity contribution is -0.576. The van der Waals surface area contributed by atoms with Gasteiger partial charge in [-0.15, -0.1) is 0 Å². The second-order valence-corrected chi connectivity index (χ2v) is 12.6. The van der Waals surface area contributed by atoms with Crippen molar-refractivity contribution < 1.29 is 20.1 Å². The number of unbranched alkanes of at least 4 members (excludes halogenated alkanes) is 18. The van der Waals surface area contributed by atoms with Crippen LogP contribution in [0.3, 0.4) is 0 Å². The van der Waals surface area contributed by atoms with E-state index in [9.17, 15) is 30.4 Å². The molecule has 0 heterocycles. The number of aliphatic hydroxyl groups is 2. The molecule has 2 unspecified atom stereocenters. The van der Waals surface area contributed by atoms with E-state index >= 15 is 0 Å². The minimum absolute atomic E-state index is 0.212. The summed E-state index contributed by atoms with van der Waals surface area (Å²) in [5.41, 5.74) is -2.17. The second kappa shape index (κ2) is 29.8. The van der Waals surface area contributed by atoms with Gasteiger partial charge in [0.2, 0.25) is 11.1 Å². The summed E-state index contributed by atoms with van der Waals surface area (Å²) in [6, 6.07) is 0. The number of rotatable bonds is 30. The largest absolute Gasteiger partial charge is 0.389 e. The minimum Gasteiger partial charge on any atom is -0.389 e. The van der Waals surface area contributed by atoms with Gasteiger partial charge in [-0.3, -0.25) is 20.2 Å². The monoisotopic (exact) mass is 603 g/mol. The number of nitro groups is 2. The molecule has 8 heteroatoms. The van der Waals surface area contributed by atoms with Crippen LogP contribution in [0.1, 0.15) is 195 Å². The van der Waals surface area contributed by atoms with Crippen LogP contribution in [-0.2, 0) is 0 Å². The van der Waals surface area contributed by atoms with Gasteiger partial charge >= 0.3 is 0 Å². The van der Waals surface area contributed by atoms with Crippen LogP contribution in [0.2, 0.25) is 0 Å². The number of nitrogens with zero attached hydrogens (tertiary/aromatic N) is 2. The molecule has 8 nitrogen and oxygen atoms in total. The van der Waals surface area contributed by atoms with Gasteiger partial charge in [0, 0.05) is 35.5 Å². The van der Waals surface area contributed by atoms with Crippen LogP contribution in [-0.4, -0.2) is 44.4 Å². The third kappa shape index (κ3) is 21.4. The van der Waals surface area contributed by atoms with E-state index in [4.69, 9.17) is 0 Å². The fourth-order valence-electron chi connectivity index (χ4n) is 5.63. The Bertz CT molecular complexity index is 621. The Morgan fingerprint density at radius 1 is 0.405 bits per heavy atom. The van der Waals surface area contributed by atoms with Crippen molar-refractivity contribution in [1.82, 2.24) is 0 Å². The first-order valence-corrected chi connectivity index (χ1v) is 17.8. The second-order valence-electron chi connectivity index (χ2n) is 12.6. The summed E-state index contributed by atoms with van der Waals surface area (Å²) in [7, 11) is 0. The van der Waals surface area contributed by atoms with E-state index in [-0.39, 0.29) is 23.1 Å². The Morgan fingerprint density at radius 3 is 0.786 bits per heavy atom. The minimum atomic E-state index is -1.09. The highest BCUT2D eigenvalue weighted by atomic mass is 16.6. The lowest BCUT2D eigenvalue weighted by Gasteiger charge is -2.23. The molecule has 0 saturated heterocycles. The molecule has 0 bridgehead atoms. The molecule has 0 fully saturated rings. The van der Waals surface area contributed by atoms with Crippen molar-refractivity contribution in [3.63, 3.8) is 0 Å². The van der Waals surface area contributed by atoms with E-state index in [1.165, 1.54) is 57.8 Å². The van der Waals surface area contributed by atoms with Crippen molar-refractivity contribution >= 4 is 0 Å². The first-order valence-electron chi connectivity index (χ1n) is 17.8. The molecule has 0 aliphatic carbocycles.